The van der Waals surface area contributed by atoms with Gasteiger partial charge in [-0.1, -0.05) is 0 Å². The first-order valence-corrected chi connectivity index (χ1v) is 7.83. The van der Waals surface area contributed by atoms with Gasteiger partial charge < -0.3 is 14.6 Å². The number of carbonyl (C=O) groups is 2. The lowest BCUT2D eigenvalue weighted by molar-refractivity contribution is -0.135. The van der Waals surface area contributed by atoms with Crippen LogP contribution in [0.2, 0.25) is 0 Å². The summed E-state index contributed by atoms with van der Waals surface area (Å²) in [5.41, 5.74) is 2.94. The highest BCUT2D eigenvalue weighted by Crippen LogP contribution is 2.24. The molecular formula is C16H22N2O3. The molecule has 3 rings (SSSR count). The minimum Gasteiger partial charge on any atom is -0.378 e. The standard InChI is InChI=1S/C16H22N2O3/c19-14-4-2-1-3-13-16(14)12(11-17-13)5-6-15(20)18-7-9-21-10-8-18/h11,17H,1-10H2. The summed E-state index contributed by atoms with van der Waals surface area (Å²) in [6.07, 6.45) is 6.64. The van der Waals surface area contributed by atoms with Crippen LogP contribution in [0.5, 0.6) is 0 Å². The number of ether oxygens (including phenoxy) is 1. The van der Waals surface area contributed by atoms with Gasteiger partial charge in [0.25, 0.3) is 0 Å². The summed E-state index contributed by atoms with van der Waals surface area (Å²) in [4.78, 5) is 29.5. The van der Waals surface area contributed by atoms with Crippen molar-refractivity contribution in [3.8, 4) is 0 Å². The molecule has 0 radical (unpaired) electrons. The SMILES string of the molecule is O=C1CCCCc2[nH]cc(CCC(=O)N3CCOCC3)c21. The van der Waals surface area contributed by atoms with Gasteiger partial charge in [0.15, 0.2) is 5.78 Å². The molecule has 114 valence electrons. The van der Waals surface area contributed by atoms with E-state index in [0.29, 0.717) is 45.6 Å². The number of aromatic nitrogens is 1. The third-order valence-electron chi connectivity index (χ3n) is 4.37. The second-order valence-electron chi connectivity index (χ2n) is 5.79. The molecule has 1 fully saturated rings. The number of morpholine rings is 1. The second kappa shape index (κ2) is 6.43. The topological polar surface area (TPSA) is 62.4 Å². The van der Waals surface area contributed by atoms with Crippen LogP contribution in [0.25, 0.3) is 0 Å². The Balaban J connectivity index is 1.64. The quantitative estimate of drug-likeness (QED) is 0.862. The zero-order chi connectivity index (χ0) is 14.7. The fraction of sp³-hybridized carbons (Fsp3) is 0.625. The molecule has 5 nitrogen and oxygen atoms in total. The zero-order valence-corrected chi connectivity index (χ0v) is 12.3. The number of Topliss-reactive ketones (excluding diaryl/α,β-unsaturated/α-hetero) is 1. The largest absolute Gasteiger partial charge is 0.378 e. The normalized spacial score (nSPS) is 19.2. The Kier molecular flexibility index (Phi) is 4.39. The highest BCUT2D eigenvalue weighted by molar-refractivity contribution is 5.99. The lowest BCUT2D eigenvalue weighted by atomic mass is 10.0. The van der Waals surface area contributed by atoms with Gasteiger partial charge in [-0.15, -0.1) is 0 Å². The van der Waals surface area contributed by atoms with Gasteiger partial charge >= 0.3 is 0 Å². The molecule has 0 atom stereocenters. The smallest absolute Gasteiger partial charge is 0.223 e. The van der Waals surface area contributed by atoms with E-state index in [0.717, 1.165) is 36.1 Å². The number of hydrogen-bond donors (Lipinski definition) is 1. The summed E-state index contributed by atoms with van der Waals surface area (Å²) in [5.74, 6) is 0.395. The summed E-state index contributed by atoms with van der Waals surface area (Å²) < 4.78 is 5.26. The van der Waals surface area contributed by atoms with E-state index < -0.39 is 0 Å². The number of aromatic amines is 1. The zero-order valence-electron chi connectivity index (χ0n) is 12.3. The maximum Gasteiger partial charge on any atom is 0.223 e. The third-order valence-corrected chi connectivity index (χ3v) is 4.37. The number of fused-ring (bicyclic) bond motifs is 1. The van der Waals surface area contributed by atoms with Crippen LogP contribution in [-0.4, -0.2) is 47.9 Å². The number of H-pyrrole nitrogens is 1. The molecule has 1 aliphatic heterocycles. The van der Waals surface area contributed by atoms with E-state index in [1.165, 1.54) is 0 Å². The van der Waals surface area contributed by atoms with Crippen LogP contribution in [0, 0.1) is 0 Å². The van der Waals surface area contributed by atoms with Gasteiger partial charge in [0.2, 0.25) is 5.91 Å². The van der Waals surface area contributed by atoms with E-state index in [1.54, 1.807) is 0 Å². The van der Waals surface area contributed by atoms with Gasteiger partial charge in [-0.25, -0.2) is 0 Å². The first-order valence-electron chi connectivity index (χ1n) is 7.83. The molecule has 0 bridgehead atoms. The summed E-state index contributed by atoms with van der Waals surface area (Å²) in [6.45, 7) is 2.62. The van der Waals surface area contributed by atoms with Crippen molar-refractivity contribution < 1.29 is 14.3 Å². The van der Waals surface area contributed by atoms with E-state index >= 15 is 0 Å². The number of carbonyl (C=O) groups excluding carboxylic acids is 2. The van der Waals surface area contributed by atoms with Gasteiger partial charge in [0.05, 0.1) is 13.2 Å². The van der Waals surface area contributed by atoms with Crippen molar-refractivity contribution in [2.24, 2.45) is 0 Å². The minimum absolute atomic E-state index is 0.161. The molecule has 1 saturated heterocycles. The highest BCUT2D eigenvalue weighted by atomic mass is 16.5. The summed E-state index contributed by atoms with van der Waals surface area (Å²) in [5, 5.41) is 0. The molecule has 0 aromatic carbocycles. The molecule has 1 aromatic rings. The summed E-state index contributed by atoms with van der Waals surface area (Å²) >= 11 is 0. The van der Waals surface area contributed by atoms with Gasteiger partial charge in [-0.2, -0.15) is 0 Å². The molecule has 1 aliphatic carbocycles. The van der Waals surface area contributed by atoms with Crippen molar-refractivity contribution in [1.82, 2.24) is 9.88 Å². The van der Waals surface area contributed by atoms with Crippen LogP contribution >= 0.6 is 0 Å². The van der Waals surface area contributed by atoms with E-state index in [4.69, 9.17) is 4.74 Å². The Labute approximate surface area is 124 Å². The third kappa shape index (κ3) is 3.18. The minimum atomic E-state index is 0.161. The molecule has 0 unspecified atom stereocenters. The van der Waals surface area contributed by atoms with Gasteiger partial charge in [0, 0.05) is 43.4 Å². The maximum atomic E-state index is 12.2. The molecule has 21 heavy (non-hydrogen) atoms. The molecule has 1 N–H and O–H groups in total. The Bertz CT molecular complexity index is 530. The Morgan fingerprint density at radius 1 is 1.24 bits per heavy atom. The number of aryl methyl sites for hydroxylation is 2. The first kappa shape index (κ1) is 14.3. The van der Waals surface area contributed by atoms with E-state index in [2.05, 4.69) is 4.98 Å². The van der Waals surface area contributed by atoms with Crippen molar-refractivity contribution in [1.29, 1.82) is 0 Å². The number of nitrogens with zero attached hydrogens (tertiary/aromatic N) is 1. The van der Waals surface area contributed by atoms with Crippen LogP contribution < -0.4 is 0 Å². The van der Waals surface area contributed by atoms with Crippen LogP contribution in [0.1, 0.15) is 47.3 Å². The first-order chi connectivity index (χ1) is 10.3. The van der Waals surface area contributed by atoms with Crippen LogP contribution in [0.15, 0.2) is 6.20 Å². The number of hydrogen-bond acceptors (Lipinski definition) is 3. The number of rotatable bonds is 3. The fourth-order valence-corrected chi connectivity index (χ4v) is 3.18. The monoisotopic (exact) mass is 290 g/mol. The maximum absolute atomic E-state index is 12.2. The Morgan fingerprint density at radius 2 is 2.00 bits per heavy atom. The molecule has 2 heterocycles. The van der Waals surface area contributed by atoms with E-state index in [-0.39, 0.29) is 11.7 Å². The Hall–Kier alpha value is -1.62. The van der Waals surface area contributed by atoms with E-state index in [9.17, 15) is 9.59 Å². The molecule has 1 amide bonds. The predicted molar refractivity (Wildman–Crippen MR) is 78.4 cm³/mol. The van der Waals surface area contributed by atoms with Crippen molar-refractivity contribution >= 4 is 11.7 Å². The molecule has 1 aromatic heterocycles. The van der Waals surface area contributed by atoms with Crippen molar-refractivity contribution in [3.63, 3.8) is 0 Å². The summed E-state index contributed by atoms with van der Waals surface area (Å²) in [6, 6.07) is 0. The fourth-order valence-electron chi connectivity index (χ4n) is 3.18. The van der Waals surface area contributed by atoms with Gasteiger partial charge in [0.1, 0.15) is 0 Å². The van der Waals surface area contributed by atoms with Gasteiger partial charge in [-0.05, 0) is 31.2 Å². The van der Waals surface area contributed by atoms with Gasteiger partial charge in [-0.3, -0.25) is 9.59 Å². The average molecular weight is 290 g/mol. The average Bonchev–Trinajstić information content (AvgIpc) is 2.83. The molecule has 0 spiro atoms. The van der Waals surface area contributed by atoms with Crippen molar-refractivity contribution in [2.45, 2.75) is 38.5 Å². The second-order valence-corrected chi connectivity index (χ2v) is 5.79. The molecule has 2 aliphatic rings. The molecular weight excluding hydrogens is 268 g/mol. The van der Waals surface area contributed by atoms with Crippen LogP contribution in [0.3, 0.4) is 0 Å². The number of ketones is 1. The van der Waals surface area contributed by atoms with Crippen molar-refractivity contribution in [3.05, 3.63) is 23.0 Å². The Morgan fingerprint density at radius 3 is 2.81 bits per heavy atom. The molecule has 0 saturated carbocycles. The lowest BCUT2D eigenvalue weighted by Crippen LogP contribution is -2.40. The van der Waals surface area contributed by atoms with Crippen LogP contribution in [0.4, 0.5) is 0 Å². The highest BCUT2D eigenvalue weighted by Gasteiger charge is 2.22. The van der Waals surface area contributed by atoms with E-state index in [1.807, 2.05) is 11.1 Å². The van der Waals surface area contributed by atoms with Crippen molar-refractivity contribution in [2.75, 3.05) is 26.3 Å². The lowest BCUT2D eigenvalue weighted by Gasteiger charge is -2.26. The number of nitrogens with one attached hydrogen (secondary N) is 1. The predicted octanol–water partition coefficient (Wildman–Crippen LogP) is 1.72. The van der Waals surface area contributed by atoms with Crippen LogP contribution in [-0.2, 0) is 22.4 Å². The molecule has 5 heteroatoms. The number of amides is 1. The summed E-state index contributed by atoms with van der Waals surface area (Å²) in [7, 11) is 0.